The highest BCUT2D eigenvalue weighted by atomic mass is 32.2. The zero-order valence-corrected chi connectivity index (χ0v) is 12.2. The van der Waals surface area contributed by atoms with Gasteiger partial charge >= 0.3 is 5.97 Å². The Balaban J connectivity index is 2.15. The molecule has 20 heavy (non-hydrogen) atoms. The van der Waals surface area contributed by atoms with E-state index >= 15 is 0 Å². The van der Waals surface area contributed by atoms with Crippen molar-refractivity contribution in [2.45, 2.75) is 18.2 Å². The summed E-state index contributed by atoms with van der Waals surface area (Å²) in [7, 11) is 0. The second kappa shape index (κ2) is 5.71. The summed E-state index contributed by atoms with van der Waals surface area (Å²) in [5.41, 5.74) is 2.29. The molecule has 0 unspecified atom stereocenters. The van der Waals surface area contributed by atoms with Gasteiger partial charge in [-0.3, -0.25) is 0 Å². The maximum atomic E-state index is 11.8. The van der Waals surface area contributed by atoms with E-state index in [0.29, 0.717) is 6.61 Å². The minimum absolute atomic E-state index is 0.242. The summed E-state index contributed by atoms with van der Waals surface area (Å²) in [4.78, 5) is 13.0. The van der Waals surface area contributed by atoms with Crippen LogP contribution < -0.4 is 0 Å². The number of thioether (sulfide) groups is 1. The summed E-state index contributed by atoms with van der Waals surface area (Å²) in [5.74, 6) is 0.768. The van der Waals surface area contributed by atoms with E-state index in [4.69, 9.17) is 4.74 Å². The number of benzene rings is 2. The van der Waals surface area contributed by atoms with Crippen molar-refractivity contribution in [1.29, 1.82) is 0 Å². The first kappa shape index (κ1) is 13.3. The van der Waals surface area contributed by atoms with Gasteiger partial charge in [-0.15, -0.1) is 11.8 Å². The van der Waals surface area contributed by atoms with Gasteiger partial charge in [-0.25, -0.2) is 4.79 Å². The van der Waals surface area contributed by atoms with Crippen LogP contribution in [0.25, 0.3) is 16.3 Å². The van der Waals surface area contributed by atoms with Gasteiger partial charge in [-0.2, -0.15) is 0 Å². The van der Waals surface area contributed by atoms with E-state index in [1.165, 1.54) is 21.2 Å². The van der Waals surface area contributed by atoms with Gasteiger partial charge in [0.1, 0.15) is 0 Å². The third-order valence-corrected chi connectivity index (χ3v) is 4.48. The van der Waals surface area contributed by atoms with E-state index in [1.54, 1.807) is 6.08 Å². The van der Waals surface area contributed by atoms with Crippen LogP contribution in [0, 0.1) is 0 Å². The Hall–Kier alpha value is -1.74. The predicted molar refractivity (Wildman–Crippen MR) is 83.9 cm³/mol. The minimum Gasteiger partial charge on any atom is -0.463 e. The Kier molecular flexibility index (Phi) is 3.79. The molecule has 1 aliphatic heterocycles. The van der Waals surface area contributed by atoms with E-state index < -0.39 is 0 Å². The molecule has 0 spiro atoms. The molecule has 2 aromatic rings. The van der Waals surface area contributed by atoms with Crippen molar-refractivity contribution in [3.8, 4) is 0 Å². The summed E-state index contributed by atoms with van der Waals surface area (Å²) in [6, 6.07) is 12.6. The van der Waals surface area contributed by atoms with Crippen LogP contribution in [0.3, 0.4) is 0 Å². The zero-order valence-electron chi connectivity index (χ0n) is 11.4. The molecule has 1 aliphatic rings. The van der Waals surface area contributed by atoms with Gasteiger partial charge in [0.05, 0.1) is 6.61 Å². The molecule has 102 valence electrons. The number of esters is 1. The van der Waals surface area contributed by atoms with Crippen LogP contribution >= 0.6 is 11.8 Å². The maximum Gasteiger partial charge on any atom is 0.331 e. The smallest absolute Gasteiger partial charge is 0.331 e. The molecule has 3 rings (SSSR count). The first-order valence-corrected chi connectivity index (χ1v) is 7.80. The molecule has 0 fully saturated rings. The van der Waals surface area contributed by atoms with E-state index in [-0.39, 0.29) is 5.97 Å². The molecule has 2 aromatic carbocycles. The number of rotatable bonds is 2. The lowest BCUT2D eigenvalue weighted by molar-refractivity contribution is -0.137. The van der Waals surface area contributed by atoms with Gasteiger partial charge in [-0.05, 0) is 41.3 Å². The van der Waals surface area contributed by atoms with E-state index in [0.717, 1.165) is 17.7 Å². The molecule has 0 saturated heterocycles. The molecule has 0 aliphatic carbocycles. The van der Waals surface area contributed by atoms with Crippen molar-refractivity contribution in [2.75, 3.05) is 12.4 Å². The van der Waals surface area contributed by atoms with Crippen molar-refractivity contribution in [2.24, 2.45) is 0 Å². The molecule has 1 heterocycles. The average Bonchev–Trinajstić information content (AvgIpc) is 2.47. The van der Waals surface area contributed by atoms with Crippen LogP contribution in [-0.4, -0.2) is 18.3 Å². The van der Waals surface area contributed by atoms with Gasteiger partial charge in [0, 0.05) is 16.7 Å². The molecular formula is C17H16O2S. The normalized spacial score (nSPS) is 16.1. The van der Waals surface area contributed by atoms with Gasteiger partial charge in [-0.1, -0.05) is 30.3 Å². The quantitative estimate of drug-likeness (QED) is 0.608. The fourth-order valence-electron chi connectivity index (χ4n) is 2.57. The predicted octanol–water partition coefficient (Wildman–Crippen LogP) is 4.28. The first-order chi connectivity index (χ1) is 9.79. The van der Waals surface area contributed by atoms with Crippen molar-refractivity contribution >= 4 is 34.1 Å². The molecule has 2 nitrogen and oxygen atoms in total. The molecule has 0 aromatic heterocycles. The van der Waals surface area contributed by atoms with Gasteiger partial charge in [0.15, 0.2) is 0 Å². The van der Waals surface area contributed by atoms with Crippen LogP contribution in [0.5, 0.6) is 0 Å². The van der Waals surface area contributed by atoms with Gasteiger partial charge in [0.25, 0.3) is 0 Å². The van der Waals surface area contributed by atoms with E-state index in [2.05, 4.69) is 24.3 Å². The maximum absolute atomic E-state index is 11.8. The summed E-state index contributed by atoms with van der Waals surface area (Å²) >= 11 is 1.85. The lowest BCUT2D eigenvalue weighted by atomic mass is 9.96. The summed E-state index contributed by atoms with van der Waals surface area (Å²) in [6.45, 7) is 2.25. The third kappa shape index (κ3) is 2.46. The monoisotopic (exact) mass is 284 g/mol. The summed E-state index contributed by atoms with van der Waals surface area (Å²) in [6.07, 6.45) is 2.57. The van der Waals surface area contributed by atoms with Crippen LogP contribution in [0.4, 0.5) is 0 Å². The lowest BCUT2D eigenvalue weighted by Gasteiger charge is -2.20. The SMILES string of the molecule is CCOC(=O)/C=C1/CCSc2ccc3ccccc3c21. The fourth-order valence-corrected chi connectivity index (χ4v) is 3.66. The number of ether oxygens (including phenoxy) is 1. The molecule has 0 radical (unpaired) electrons. The number of carbonyl (C=O) groups excluding carboxylic acids is 1. The average molecular weight is 284 g/mol. The highest BCUT2D eigenvalue weighted by Crippen LogP contribution is 2.41. The van der Waals surface area contributed by atoms with Gasteiger partial charge < -0.3 is 4.74 Å². The topological polar surface area (TPSA) is 26.3 Å². The van der Waals surface area contributed by atoms with Crippen molar-refractivity contribution in [1.82, 2.24) is 0 Å². The Morgan fingerprint density at radius 1 is 1.30 bits per heavy atom. The molecule has 3 heteroatoms. The summed E-state index contributed by atoms with van der Waals surface area (Å²) < 4.78 is 5.05. The van der Waals surface area contributed by atoms with Crippen LogP contribution in [0.15, 0.2) is 47.4 Å². The Morgan fingerprint density at radius 2 is 2.15 bits per heavy atom. The largest absolute Gasteiger partial charge is 0.463 e. The Bertz CT molecular complexity index is 688. The zero-order chi connectivity index (χ0) is 13.9. The van der Waals surface area contributed by atoms with Crippen molar-refractivity contribution in [3.63, 3.8) is 0 Å². The lowest BCUT2D eigenvalue weighted by Crippen LogP contribution is -2.05. The highest BCUT2D eigenvalue weighted by molar-refractivity contribution is 7.99. The fraction of sp³-hybridized carbons (Fsp3) is 0.235. The van der Waals surface area contributed by atoms with Crippen molar-refractivity contribution in [3.05, 3.63) is 48.0 Å². The van der Waals surface area contributed by atoms with Crippen LogP contribution in [-0.2, 0) is 9.53 Å². The standard InChI is InChI=1S/C17H16O2S/c1-2-19-16(18)11-13-9-10-20-15-8-7-12-5-3-4-6-14(12)17(13)15/h3-8,11H,2,9-10H2,1H3/b13-11-. The number of fused-ring (bicyclic) bond motifs is 3. The van der Waals surface area contributed by atoms with E-state index in [1.807, 2.05) is 30.8 Å². The second-order valence-corrected chi connectivity index (χ2v) is 5.82. The molecule has 0 N–H and O–H groups in total. The Morgan fingerprint density at radius 3 is 3.00 bits per heavy atom. The molecule has 0 atom stereocenters. The number of hydrogen-bond acceptors (Lipinski definition) is 3. The molecule has 0 saturated carbocycles. The third-order valence-electron chi connectivity index (χ3n) is 3.42. The first-order valence-electron chi connectivity index (χ1n) is 6.82. The number of hydrogen-bond donors (Lipinski definition) is 0. The second-order valence-electron chi connectivity index (χ2n) is 4.68. The summed E-state index contributed by atoms with van der Waals surface area (Å²) in [5, 5.41) is 2.43. The molecule has 0 amide bonds. The molecule has 0 bridgehead atoms. The van der Waals surface area contributed by atoms with Gasteiger partial charge in [0.2, 0.25) is 0 Å². The molecular weight excluding hydrogens is 268 g/mol. The minimum atomic E-state index is -0.242. The van der Waals surface area contributed by atoms with E-state index in [9.17, 15) is 4.79 Å². The van der Waals surface area contributed by atoms with Crippen LogP contribution in [0.2, 0.25) is 0 Å². The number of carbonyl (C=O) groups is 1. The Labute approximate surface area is 122 Å². The number of allylic oxidation sites excluding steroid dienone is 1. The highest BCUT2D eigenvalue weighted by Gasteiger charge is 2.18. The van der Waals surface area contributed by atoms with Crippen molar-refractivity contribution < 1.29 is 9.53 Å². The van der Waals surface area contributed by atoms with Crippen LogP contribution in [0.1, 0.15) is 18.9 Å².